The van der Waals surface area contributed by atoms with E-state index in [4.69, 9.17) is 2.51 Å². The fourth-order valence-electron chi connectivity index (χ4n) is 2.69. The number of hydrogen-bond acceptors (Lipinski definition) is 3. The summed E-state index contributed by atoms with van der Waals surface area (Å²) in [6, 6.07) is 23.1. The summed E-state index contributed by atoms with van der Waals surface area (Å²) in [5.41, 5.74) is 3.46. The Morgan fingerprint density at radius 3 is 1.54 bits per heavy atom. The Balaban J connectivity index is 2.00. The summed E-state index contributed by atoms with van der Waals surface area (Å²) < 4.78 is 33.8. The molecule has 0 N–H and O–H groups in total. The Labute approximate surface area is 175 Å². The Bertz CT molecular complexity index is 961. The number of halogens is 1. The molecule has 0 spiro atoms. The average molecular weight is 508 g/mol. The molecule has 3 aromatic rings. The van der Waals surface area contributed by atoms with Crippen LogP contribution in [-0.2, 0) is 25.5 Å². The second kappa shape index (κ2) is 9.20. The van der Waals surface area contributed by atoms with Crippen molar-refractivity contribution in [3.8, 4) is 0 Å². The van der Waals surface area contributed by atoms with Gasteiger partial charge in [-0.2, -0.15) is 0 Å². The quantitative estimate of drug-likeness (QED) is 0.369. The minimum atomic E-state index is -3.83. The molecule has 0 saturated carbocycles. The Kier molecular flexibility index (Phi) is 6.91. The molecule has 28 heavy (non-hydrogen) atoms. The van der Waals surface area contributed by atoms with E-state index in [1.807, 2.05) is 31.2 Å². The first-order valence-corrected chi connectivity index (χ1v) is 13.8. The van der Waals surface area contributed by atoms with Gasteiger partial charge in [0.1, 0.15) is 0 Å². The van der Waals surface area contributed by atoms with Crippen molar-refractivity contribution in [1.29, 1.82) is 0 Å². The van der Waals surface area contributed by atoms with Crippen molar-refractivity contribution in [2.75, 3.05) is 0 Å². The van der Waals surface area contributed by atoms with Crippen LogP contribution in [0.15, 0.2) is 77.7 Å². The summed E-state index contributed by atoms with van der Waals surface area (Å²) in [6.45, 7) is 6.14. The van der Waals surface area contributed by atoms with Gasteiger partial charge in [0.25, 0.3) is 0 Å². The predicted molar refractivity (Wildman–Crippen MR) is 123 cm³/mol. The van der Waals surface area contributed by atoms with E-state index in [0.717, 1.165) is 25.5 Å². The third-order valence-corrected chi connectivity index (χ3v) is 11.8. The van der Waals surface area contributed by atoms with E-state index >= 15 is 0 Å². The van der Waals surface area contributed by atoms with Crippen LogP contribution in [0.3, 0.4) is 0 Å². The molecule has 0 bridgehead atoms. The molecule has 0 saturated heterocycles. The van der Waals surface area contributed by atoms with Gasteiger partial charge in [0.05, 0.1) is 0 Å². The van der Waals surface area contributed by atoms with Crippen LogP contribution in [0.1, 0.15) is 30.5 Å². The number of hydrogen-bond donors (Lipinski definition) is 0. The third-order valence-electron chi connectivity index (χ3n) is 4.49. The Morgan fingerprint density at radius 1 is 0.714 bits per heavy atom. The van der Waals surface area contributed by atoms with Gasteiger partial charge < -0.3 is 0 Å². The molecule has 0 unspecified atom stereocenters. The number of benzene rings is 3. The molecule has 3 nitrogen and oxygen atoms in total. The summed E-state index contributed by atoms with van der Waals surface area (Å²) in [4.78, 5) is 0.204. The summed E-state index contributed by atoms with van der Waals surface area (Å²) in [5.74, 6) is 0. The summed E-state index contributed by atoms with van der Waals surface area (Å²) in [7, 11) is -3.83. The molecule has 0 fully saturated rings. The molecule has 0 aromatic heterocycles. The molecule has 0 aliphatic rings. The molecule has 5 heteroatoms. The molecular weight excluding hydrogens is 483 g/mol. The van der Waals surface area contributed by atoms with Crippen molar-refractivity contribution in [3.63, 3.8) is 0 Å². The van der Waals surface area contributed by atoms with Crippen LogP contribution in [0.25, 0.3) is 0 Å². The Hall–Kier alpha value is -1.70. The van der Waals surface area contributed by atoms with Gasteiger partial charge in [0.15, 0.2) is 0 Å². The normalized spacial score (nSPS) is 12.0. The van der Waals surface area contributed by atoms with Crippen molar-refractivity contribution < 1.29 is 10.9 Å². The van der Waals surface area contributed by atoms with Crippen molar-refractivity contribution in [2.45, 2.75) is 38.5 Å². The number of rotatable bonds is 7. The van der Waals surface area contributed by atoms with Gasteiger partial charge in [-0.3, -0.25) is 0 Å². The minimum absolute atomic E-state index is 0.204. The molecule has 3 rings (SSSR count). The molecule has 0 heterocycles. The van der Waals surface area contributed by atoms with Crippen molar-refractivity contribution in [2.24, 2.45) is 0 Å². The van der Waals surface area contributed by atoms with E-state index in [-0.39, 0.29) is 4.90 Å². The van der Waals surface area contributed by atoms with Crippen molar-refractivity contribution in [1.82, 2.24) is 0 Å². The zero-order chi connectivity index (χ0) is 20.1. The molecule has 3 aromatic carbocycles. The van der Waals surface area contributed by atoms with Crippen LogP contribution < -0.4 is 0 Å². The first kappa shape index (κ1) is 21.0. The van der Waals surface area contributed by atoms with Crippen LogP contribution in [-0.4, -0.2) is 8.42 Å². The first-order chi connectivity index (χ1) is 13.4. The number of aryl methyl sites for hydroxylation is 3. The molecule has 0 radical (unpaired) electrons. The fraction of sp³-hybridized carbons (Fsp3) is 0.217. The summed E-state index contributed by atoms with van der Waals surface area (Å²) in [5, 5.41) is 0. The Morgan fingerprint density at radius 2 is 1.14 bits per heavy atom. The maximum absolute atomic E-state index is 13.0. The van der Waals surface area contributed by atoms with E-state index in [9.17, 15) is 8.42 Å². The van der Waals surface area contributed by atoms with E-state index in [1.165, 1.54) is 11.1 Å². The summed E-state index contributed by atoms with van der Waals surface area (Å²) >= 11 is -2.63. The summed E-state index contributed by atoms with van der Waals surface area (Å²) in [6.07, 6.45) is 1.89. The van der Waals surface area contributed by atoms with E-state index in [0.29, 0.717) is 0 Å². The zero-order valence-electron chi connectivity index (χ0n) is 16.4. The van der Waals surface area contributed by atoms with Gasteiger partial charge in [-0.15, -0.1) is 0 Å². The van der Waals surface area contributed by atoms with Crippen LogP contribution >= 0.6 is 20.2 Å². The average Bonchev–Trinajstić information content (AvgIpc) is 2.72. The van der Waals surface area contributed by atoms with Gasteiger partial charge in [0, 0.05) is 0 Å². The molecule has 0 amide bonds. The second-order valence-electron chi connectivity index (χ2n) is 6.54. The van der Waals surface area contributed by atoms with Crippen molar-refractivity contribution in [3.05, 3.63) is 96.6 Å². The van der Waals surface area contributed by atoms with Crippen LogP contribution in [0.5, 0.6) is 0 Å². The second-order valence-corrected chi connectivity index (χ2v) is 13.0. The third kappa shape index (κ3) is 5.01. The molecule has 148 valence electrons. The topological polar surface area (TPSA) is 43.4 Å². The van der Waals surface area contributed by atoms with Gasteiger partial charge in [-0.1, -0.05) is 0 Å². The van der Waals surface area contributed by atoms with Crippen LogP contribution in [0.2, 0.25) is 0 Å². The predicted octanol–water partition coefficient (Wildman–Crippen LogP) is 5.99. The zero-order valence-corrected chi connectivity index (χ0v) is 19.3. The first-order valence-electron chi connectivity index (χ1n) is 9.32. The van der Waals surface area contributed by atoms with Gasteiger partial charge in [-0.25, -0.2) is 0 Å². The van der Waals surface area contributed by atoms with E-state index in [2.05, 4.69) is 38.1 Å². The molecular formula is C23H25IO3S. The van der Waals surface area contributed by atoms with Gasteiger partial charge in [-0.05, 0) is 0 Å². The monoisotopic (exact) mass is 508 g/mol. The maximum atomic E-state index is 13.0. The van der Waals surface area contributed by atoms with Crippen molar-refractivity contribution >= 4 is 30.4 Å². The molecule has 0 aliphatic carbocycles. The van der Waals surface area contributed by atoms with Crippen LogP contribution in [0, 0.1) is 14.1 Å². The molecule has 0 aliphatic heterocycles. The SMILES string of the molecule is CCc1ccc(I(OS(=O)(=O)c2ccc(C)cc2)c2ccc(CC)cc2)cc1. The van der Waals surface area contributed by atoms with Gasteiger partial charge in [0.2, 0.25) is 0 Å². The fourth-order valence-corrected chi connectivity index (χ4v) is 9.58. The van der Waals surface area contributed by atoms with Gasteiger partial charge >= 0.3 is 176 Å². The van der Waals surface area contributed by atoms with E-state index < -0.39 is 30.4 Å². The standard InChI is InChI=1S/C23H25IO3S/c1-4-19-8-12-21(13-9-19)24(22-14-10-20(5-2)11-15-22)27-28(25,26)23-16-6-18(3)7-17-23/h6-17H,4-5H2,1-3H3. The molecule has 0 atom stereocenters. The van der Waals surface area contributed by atoms with Crippen LogP contribution in [0.4, 0.5) is 0 Å². The van der Waals surface area contributed by atoms with E-state index in [1.54, 1.807) is 24.3 Å².